The molecular formula is C33H44F2N2O2. The number of rotatable bonds is 10. The van der Waals surface area contributed by atoms with Crippen molar-refractivity contribution in [3.05, 3.63) is 107 Å². The SMILES string of the molecule is C=C(/C=C(/CC)OC)c1ccc(C)cc1.C=C(N=C(C=NC)/C(C)=C\C)c1cccc(F)c1F.CCCCO. The number of methoxy groups -OCH3 is 1. The quantitative estimate of drug-likeness (QED) is 0.187. The molecular weight excluding hydrogens is 494 g/mol. The van der Waals surface area contributed by atoms with Gasteiger partial charge in [0.15, 0.2) is 11.6 Å². The van der Waals surface area contributed by atoms with Crippen molar-refractivity contribution in [2.45, 2.75) is 53.9 Å². The number of aryl methyl sites for hydroxylation is 1. The highest BCUT2D eigenvalue weighted by molar-refractivity contribution is 6.38. The van der Waals surface area contributed by atoms with E-state index < -0.39 is 11.6 Å². The van der Waals surface area contributed by atoms with Gasteiger partial charge < -0.3 is 9.84 Å². The lowest BCUT2D eigenvalue weighted by molar-refractivity contribution is 0.281. The number of benzene rings is 2. The molecule has 0 aliphatic carbocycles. The maximum atomic E-state index is 13.6. The van der Waals surface area contributed by atoms with E-state index in [0.717, 1.165) is 47.8 Å². The highest BCUT2D eigenvalue weighted by Crippen LogP contribution is 2.21. The van der Waals surface area contributed by atoms with Gasteiger partial charge in [0.1, 0.15) is 0 Å². The molecule has 2 rings (SSSR count). The standard InChI is InChI=1S/C15H16F2N2.C14H18O.C4H10O/c1-5-10(2)14(9-18-4)19-11(3)12-7-6-8-13(16)15(12)17;1-5-14(15-4)10-12(3)13-8-6-11(2)7-9-13;1-2-3-4-5/h5-9H,3H2,1-2,4H3;6-10H,3,5H2,1-2,4H3;5H,2-4H2,1H3/b10-5-,18-9?,19-14?;14-10-;. The molecule has 2 aromatic rings. The third-order valence-electron chi connectivity index (χ3n) is 5.49. The minimum atomic E-state index is -0.942. The van der Waals surface area contributed by atoms with Crippen LogP contribution in [0.2, 0.25) is 0 Å². The lowest BCUT2D eigenvalue weighted by atomic mass is 10.0. The Balaban J connectivity index is 0.000000643. The first-order valence-corrected chi connectivity index (χ1v) is 13.0. The highest BCUT2D eigenvalue weighted by atomic mass is 19.2. The summed E-state index contributed by atoms with van der Waals surface area (Å²) in [6, 6.07) is 12.3. The van der Waals surface area contributed by atoms with E-state index in [2.05, 4.69) is 68.2 Å². The fourth-order valence-corrected chi connectivity index (χ4v) is 2.93. The van der Waals surface area contributed by atoms with E-state index in [1.807, 2.05) is 26.0 Å². The number of hydrogen-bond donors (Lipinski definition) is 1. The van der Waals surface area contributed by atoms with Crippen LogP contribution in [0.25, 0.3) is 11.3 Å². The second kappa shape index (κ2) is 20.3. The van der Waals surface area contributed by atoms with Crippen molar-refractivity contribution in [2.75, 3.05) is 20.8 Å². The van der Waals surface area contributed by atoms with Gasteiger partial charge in [-0.1, -0.05) is 75.4 Å². The van der Waals surface area contributed by atoms with Crippen LogP contribution in [0.3, 0.4) is 0 Å². The molecule has 0 spiro atoms. The topological polar surface area (TPSA) is 54.2 Å². The highest BCUT2D eigenvalue weighted by Gasteiger charge is 2.11. The van der Waals surface area contributed by atoms with Crippen molar-refractivity contribution in [2.24, 2.45) is 9.98 Å². The van der Waals surface area contributed by atoms with Gasteiger partial charge in [0, 0.05) is 31.9 Å². The van der Waals surface area contributed by atoms with Gasteiger partial charge in [0.25, 0.3) is 0 Å². The molecule has 0 atom stereocenters. The second-order valence-electron chi connectivity index (χ2n) is 8.54. The van der Waals surface area contributed by atoms with Crippen molar-refractivity contribution in [1.29, 1.82) is 0 Å². The van der Waals surface area contributed by atoms with Gasteiger partial charge in [-0.15, -0.1) is 0 Å². The zero-order valence-electron chi connectivity index (χ0n) is 24.5. The zero-order valence-corrected chi connectivity index (χ0v) is 24.5. The molecule has 0 saturated heterocycles. The molecule has 1 N–H and O–H groups in total. The first-order chi connectivity index (χ1) is 18.6. The van der Waals surface area contributed by atoms with Crippen molar-refractivity contribution in [1.82, 2.24) is 0 Å². The van der Waals surface area contributed by atoms with Crippen LogP contribution in [-0.2, 0) is 4.74 Å². The Morgan fingerprint density at radius 1 is 1.08 bits per heavy atom. The van der Waals surface area contributed by atoms with Gasteiger partial charge in [-0.3, -0.25) is 4.99 Å². The lowest BCUT2D eigenvalue weighted by Crippen LogP contribution is -2.03. The Bertz CT molecular complexity index is 1150. The number of unbranched alkanes of at least 4 members (excludes halogenated alkanes) is 1. The Morgan fingerprint density at radius 3 is 2.18 bits per heavy atom. The molecule has 39 heavy (non-hydrogen) atoms. The third kappa shape index (κ3) is 13.6. The molecule has 212 valence electrons. The van der Waals surface area contributed by atoms with Crippen molar-refractivity contribution in [3.63, 3.8) is 0 Å². The van der Waals surface area contributed by atoms with Gasteiger partial charge in [-0.25, -0.2) is 13.8 Å². The summed E-state index contributed by atoms with van der Waals surface area (Å²) in [5.41, 5.74) is 5.05. The summed E-state index contributed by atoms with van der Waals surface area (Å²) >= 11 is 0. The number of nitrogens with zero attached hydrogens (tertiary/aromatic N) is 2. The Hall–Kier alpha value is -3.64. The summed E-state index contributed by atoms with van der Waals surface area (Å²) in [5.74, 6) is -0.898. The van der Waals surface area contributed by atoms with Crippen LogP contribution in [0, 0.1) is 18.6 Å². The number of aliphatic hydroxyl groups excluding tert-OH is 1. The van der Waals surface area contributed by atoms with Crippen molar-refractivity contribution in [3.8, 4) is 0 Å². The maximum absolute atomic E-state index is 13.6. The van der Waals surface area contributed by atoms with Crippen LogP contribution in [0.15, 0.2) is 89.1 Å². The van der Waals surface area contributed by atoms with Gasteiger partial charge in [0.05, 0.1) is 24.3 Å². The normalized spacial score (nSPS) is 11.8. The van der Waals surface area contributed by atoms with E-state index in [1.54, 1.807) is 20.4 Å². The predicted octanol–water partition coefficient (Wildman–Crippen LogP) is 8.77. The Morgan fingerprint density at radius 2 is 1.72 bits per heavy atom. The third-order valence-corrected chi connectivity index (χ3v) is 5.49. The largest absolute Gasteiger partial charge is 0.501 e. The molecule has 0 heterocycles. The summed E-state index contributed by atoms with van der Waals surface area (Å²) in [6.45, 7) is 18.0. The molecule has 4 nitrogen and oxygen atoms in total. The zero-order chi connectivity index (χ0) is 29.8. The molecule has 0 saturated carbocycles. The Labute approximate surface area is 233 Å². The van der Waals surface area contributed by atoms with Crippen molar-refractivity contribution >= 4 is 23.2 Å². The number of halogens is 2. The van der Waals surface area contributed by atoms with Crippen LogP contribution < -0.4 is 0 Å². The molecule has 0 fully saturated rings. The van der Waals surface area contributed by atoms with Crippen LogP contribution in [0.1, 0.15) is 63.6 Å². The summed E-state index contributed by atoms with van der Waals surface area (Å²) in [6.07, 6.45) is 8.33. The predicted molar refractivity (Wildman–Crippen MR) is 164 cm³/mol. The fourth-order valence-electron chi connectivity index (χ4n) is 2.93. The van der Waals surface area contributed by atoms with E-state index in [9.17, 15) is 8.78 Å². The van der Waals surface area contributed by atoms with Gasteiger partial charge >= 0.3 is 0 Å². The monoisotopic (exact) mass is 538 g/mol. The molecule has 2 aromatic carbocycles. The van der Waals surface area contributed by atoms with Crippen LogP contribution >= 0.6 is 0 Å². The smallest absolute Gasteiger partial charge is 0.168 e. The van der Waals surface area contributed by atoms with E-state index in [0.29, 0.717) is 12.3 Å². The van der Waals surface area contributed by atoms with E-state index in [4.69, 9.17) is 9.84 Å². The first kappa shape index (κ1) is 35.4. The molecule has 6 heteroatoms. The number of hydrogen-bond acceptors (Lipinski definition) is 4. The summed E-state index contributed by atoms with van der Waals surface area (Å²) in [5, 5.41) is 8.07. The molecule has 0 bridgehead atoms. The molecule has 0 aliphatic heterocycles. The molecule has 0 aliphatic rings. The second-order valence-corrected chi connectivity index (χ2v) is 8.54. The van der Waals surface area contributed by atoms with Gasteiger partial charge in [-0.05, 0) is 62.1 Å². The number of allylic oxidation sites excluding steroid dienone is 5. The number of ether oxygens (including phenoxy) is 1. The first-order valence-electron chi connectivity index (χ1n) is 13.0. The van der Waals surface area contributed by atoms with Crippen LogP contribution in [0.5, 0.6) is 0 Å². The van der Waals surface area contributed by atoms with Crippen molar-refractivity contribution < 1.29 is 18.6 Å². The average Bonchev–Trinajstić information content (AvgIpc) is 2.93. The lowest BCUT2D eigenvalue weighted by Gasteiger charge is -2.06. The van der Waals surface area contributed by atoms with E-state index in [1.165, 1.54) is 17.7 Å². The average molecular weight is 539 g/mol. The maximum Gasteiger partial charge on any atom is 0.168 e. The minimum Gasteiger partial charge on any atom is -0.501 e. The van der Waals surface area contributed by atoms with Gasteiger partial charge in [0.2, 0.25) is 0 Å². The summed E-state index contributed by atoms with van der Waals surface area (Å²) in [4.78, 5) is 8.09. The fraction of sp³-hybridized carbons (Fsp3) is 0.333. The summed E-state index contributed by atoms with van der Waals surface area (Å²) in [7, 11) is 3.31. The minimum absolute atomic E-state index is 0.0471. The molecule has 0 aromatic heterocycles. The molecule has 0 unspecified atom stereocenters. The van der Waals surface area contributed by atoms with Crippen LogP contribution in [0.4, 0.5) is 8.78 Å². The van der Waals surface area contributed by atoms with E-state index >= 15 is 0 Å². The van der Waals surface area contributed by atoms with E-state index in [-0.39, 0.29) is 11.3 Å². The summed E-state index contributed by atoms with van der Waals surface area (Å²) < 4.78 is 32.0. The van der Waals surface area contributed by atoms with Crippen LogP contribution in [-0.4, -0.2) is 37.8 Å². The number of aliphatic hydroxyl groups is 1. The number of aliphatic imine (C=N–C) groups is 2. The molecule has 0 radical (unpaired) electrons. The molecule has 0 amide bonds. The van der Waals surface area contributed by atoms with Gasteiger partial charge in [-0.2, -0.15) is 0 Å². The Kier molecular flexibility index (Phi) is 18.4.